The SMILES string of the molecule is Cc1ccc(OCc2nnc(SCC(=O)Nc3ccc(C(N)=O)cc3)n2-c2ccc(C)cc2)cc1. The van der Waals surface area contributed by atoms with E-state index in [0.29, 0.717) is 22.2 Å². The third kappa shape index (κ3) is 6.27. The average Bonchev–Trinajstić information content (AvgIpc) is 3.26. The van der Waals surface area contributed by atoms with Crippen molar-refractivity contribution in [1.82, 2.24) is 14.8 Å². The number of carbonyl (C=O) groups excluding carboxylic acids is 2. The Labute approximate surface area is 207 Å². The molecule has 3 N–H and O–H groups in total. The number of rotatable bonds is 9. The highest BCUT2D eigenvalue weighted by Gasteiger charge is 2.17. The number of anilines is 1. The zero-order valence-electron chi connectivity index (χ0n) is 19.4. The number of primary amides is 1. The van der Waals surface area contributed by atoms with Gasteiger partial charge in [-0.3, -0.25) is 14.2 Å². The van der Waals surface area contributed by atoms with E-state index < -0.39 is 5.91 Å². The molecule has 0 spiro atoms. The summed E-state index contributed by atoms with van der Waals surface area (Å²) in [6.07, 6.45) is 0. The summed E-state index contributed by atoms with van der Waals surface area (Å²) in [6.45, 7) is 4.27. The molecule has 1 aromatic heterocycles. The van der Waals surface area contributed by atoms with E-state index in [1.54, 1.807) is 24.3 Å². The molecule has 35 heavy (non-hydrogen) atoms. The van der Waals surface area contributed by atoms with Crippen LogP contribution in [-0.4, -0.2) is 32.3 Å². The first-order valence-electron chi connectivity index (χ1n) is 10.9. The summed E-state index contributed by atoms with van der Waals surface area (Å²) in [4.78, 5) is 23.7. The molecule has 0 radical (unpaired) electrons. The summed E-state index contributed by atoms with van der Waals surface area (Å²) in [6, 6.07) is 22.2. The van der Waals surface area contributed by atoms with Crippen molar-refractivity contribution in [2.45, 2.75) is 25.6 Å². The number of carbonyl (C=O) groups is 2. The van der Waals surface area contributed by atoms with Gasteiger partial charge in [0.25, 0.3) is 0 Å². The molecule has 0 aliphatic carbocycles. The molecule has 0 unspecified atom stereocenters. The number of thioether (sulfide) groups is 1. The van der Waals surface area contributed by atoms with Crippen LogP contribution in [0.4, 0.5) is 5.69 Å². The molecule has 4 rings (SSSR count). The maximum absolute atomic E-state index is 12.5. The van der Waals surface area contributed by atoms with E-state index in [-0.39, 0.29) is 18.3 Å². The molecule has 2 amide bonds. The number of hydrogen-bond donors (Lipinski definition) is 2. The van der Waals surface area contributed by atoms with Crippen molar-refractivity contribution >= 4 is 29.3 Å². The molecule has 0 atom stereocenters. The van der Waals surface area contributed by atoms with Gasteiger partial charge in [0.15, 0.2) is 11.0 Å². The van der Waals surface area contributed by atoms with Crippen molar-refractivity contribution in [3.05, 3.63) is 95.3 Å². The molecular formula is C26H25N5O3S. The van der Waals surface area contributed by atoms with Gasteiger partial charge in [0.2, 0.25) is 11.8 Å². The zero-order valence-corrected chi connectivity index (χ0v) is 20.2. The fraction of sp³-hybridized carbons (Fsp3) is 0.154. The quantitative estimate of drug-likeness (QED) is 0.341. The van der Waals surface area contributed by atoms with Crippen LogP contribution in [-0.2, 0) is 11.4 Å². The molecule has 3 aromatic carbocycles. The number of ether oxygens (including phenoxy) is 1. The van der Waals surface area contributed by atoms with Crippen LogP contribution in [0.1, 0.15) is 27.3 Å². The topological polar surface area (TPSA) is 112 Å². The van der Waals surface area contributed by atoms with Crippen molar-refractivity contribution in [1.29, 1.82) is 0 Å². The number of nitrogens with one attached hydrogen (secondary N) is 1. The first-order chi connectivity index (χ1) is 16.9. The average molecular weight is 488 g/mol. The highest BCUT2D eigenvalue weighted by molar-refractivity contribution is 7.99. The van der Waals surface area contributed by atoms with E-state index in [2.05, 4.69) is 15.5 Å². The highest BCUT2D eigenvalue weighted by atomic mass is 32.2. The lowest BCUT2D eigenvalue weighted by Gasteiger charge is -2.12. The van der Waals surface area contributed by atoms with E-state index in [9.17, 15) is 9.59 Å². The molecule has 178 valence electrons. The molecule has 0 saturated carbocycles. The van der Waals surface area contributed by atoms with E-state index >= 15 is 0 Å². The third-order valence-corrected chi connectivity index (χ3v) is 6.10. The van der Waals surface area contributed by atoms with Crippen LogP contribution in [0.25, 0.3) is 5.69 Å². The summed E-state index contributed by atoms with van der Waals surface area (Å²) in [5, 5.41) is 12.0. The molecular weight excluding hydrogens is 462 g/mol. The Morgan fingerprint density at radius 2 is 1.54 bits per heavy atom. The van der Waals surface area contributed by atoms with Crippen molar-refractivity contribution in [3.63, 3.8) is 0 Å². The van der Waals surface area contributed by atoms with Gasteiger partial charge in [-0.2, -0.15) is 0 Å². The first-order valence-corrected chi connectivity index (χ1v) is 11.9. The lowest BCUT2D eigenvalue weighted by Crippen LogP contribution is -2.15. The van der Waals surface area contributed by atoms with Crippen LogP contribution in [0.2, 0.25) is 0 Å². The number of aryl methyl sites for hydroxylation is 2. The van der Waals surface area contributed by atoms with Crippen LogP contribution >= 0.6 is 11.8 Å². The molecule has 0 bridgehead atoms. The van der Waals surface area contributed by atoms with Gasteiger partial charge in [-0.05, 0) is 62.4 Å². The summed E-state index contributed by atoms with van der Waals surface area (Å²) in [7, 11) is 0. The normalized spacial score (nSPS) is 10.7. The van der Waals surface area contributed by atoms with Crippen LogP contribution in [0, 0.1) is 13.8 Å². The van der Waals surface area contributed by atoms with E-state index in [1.165, 1.54) is 11.8 Å². The van der Waals surface area contributed by atoms with Crippen LogP contribution in [0.5, 0.6) is 5.75 Å². The van der Waals surface area contributed by atoms with E-state index in [1.807, 2.05) is 66.9 Å². The monoisotopic (exact) mass is 487 g/mol. The molecule has 0 fully saturated rings. The standard InChI is InChI=1S/C26H25N5O3S/c1-17-3-11-21(12-4-17)31-23(15-34-22-13-5-18(2)6-14-22)29-30-26(31)35-16-24(32)28-20-9-7-19(8-10-20)25(27)33/h3-14H,15-16H2,1-2H3,(H2,27,33)(H,28,32). The summed E-state index contributed by atoms with van der Waals surface area (Å²) in [5.74, 6) is 0.763. The Balaban J connectivity index is 1.48. The third-order valence-electron chi connectivity index (χ3n) is 5.17. The summed E-state index contributed by atoms with van der Waals surface area (Å²) < 4.78 is 7.83. The minimum absolute atomic E-state index is 0.125. The van der Waals surface area contributed by atoms with Crippen molar-refractivity contribution in [3.8, 4) is 11.4 Å². The predicted octanol–water partition coefficient (Wildman–Crippen LogP) is 4.29. The fourth-order valence-electron chi connectivity index (χ4n) is 3.27. The van der Waals surface area contributed by atoms with Gasteiger partial charge in [-0.15, -0.1) is 10.2 Å². The number of nitrogens with zero attached hydrogens (tertiary/aromatic N) is 3. The fourth-order valence-corrected chi connectivity index (χ4v) is 4.04. The number of aromatic nitrogens is 3. The van der Waals surface area contributed by atoms with Crippen LogP contribution < -0.4 is 15.8 Å². The largest absolute Gasteiger partial charge is 0.486 e. The van der Waals surface area contributed by atoms with Crippen LogP contribution in [0.15, 0.2) is 78.0 Å². The summed E-state index contributed by atoms with van der Waals surface area (Å²) >= 11 is 1.27. The van der Waals surface area contributed by atoms with E-state index in [0.717, 1.165) is 22.6 Å². The van der Waals surface area contributed by atoms with Gasteiger partial charge in [-0.25, -0.2) is 0 Å². The Hall–Kier alpha value is -4.11. The van der Waals surface area contributed by atoms with Gasteiger partial charge >= 0.3 is 0 Å². The van der Waals surface area contributed by atoms with Crippen LogP contribution in [0.3, 0.4) is 0 Å². The molecule has 0 aliphatic rings. The summed E-state index contributed by atoms with van der Waals surface area (Å²) in [5.41, 5.74) is 9.38. The second kappa shape index (κ2) is 10.9. The maximum Gasteiger partial charge on any atom is 0.248 e. The number of nitrogens with two attached hydrogens (primary N) is 1. The highest BCUT2D eigenvalue weighted by Crippen LogP contribution is 2.24. The van der Waals surface area contributed by atoms with Crippen molar-refractivity contribution in [2.75, 3.05) is 11.1 Å². The van der Waals surface area contributed by atoms with Gasteiger partial charge in [0.05, 0.1) is 5.75 Å². The minimum Gasteiger partial charge on any atom is -0.486 e. The van der Waals surface area contributed by atoms with Gasteiger partial charge in [-0.1, -0.05) is 47.2 Å². The Bertz CT molecular complexity index is 1320. The lowest BCUT2D eigenvalue weighted by molar-refractivity contribution is -0.113. The molecule has 9 heteroatoms. The molecule has 1 heterocycles. The molecule has 0 saturated heterocycles. The van der Waals surface area contributed by atoms with Gasteiger partial charge < -0.3 is 15.8 Å². The van der Waals surface area contributed by atoms with E-state index in [4.69, 9.17) is 10.5 Å². The maximum atomic E-state index is 12.5. The van der Waals surface area contributed by atoms with Gasteiger partial charge in [0.1, 0.15) is 12.4 Å². The minimum atomic E-state index is -0.518. The Morgan fingerprint density at radius 1 is 0.914 bits per heavy atom. The lowest BCUT2D eigenvalue weighted by atomic mass is 10.2. The van der Waals surface area contributed by atoms with Gasteiger partial charge in [0, 0.05) is 16.9 Å². The number of amides is 2. The zero-order chi connectivity index (χ0) is 24.8. The predicted molar refractivity (Wildman–Crippen MR) is 136 cm³/mol. The molecule has 4 aromatic rings. The molecule has 0 aliphatic heterocycles. The molecule has 8 nitrogen and oxygen atoms in total. The number of benzene rings is 3. The second-order valence-electron chi connectivity index (χ2n) is 7.95. The second-order valence-corrected chi connectivity index (χ2v) is 8.89. The van der Waals surface area contributed by atoms with Crippen molar-refractivity contribution in [2.24, 2.45) is 5.73 Å². The smallest absolute Gasteiger partial charge is 0.248 e. The Kier molecular flexibility index (Phi) is 7.47. The van der Waals surface area contributed by atoms with Crippen molar-refractivity contribution < 1.29 is 14.3 Å². The number of hydrogen-bond acceptors (Lipinski definition) is 6. The first kappa shape index (κ1) is 24.0. The Morgan fingerprint density at radius 3 is 2.17 bits per heavy atom.